The van der Waals surface area contributed by atoms with Crippen LogP contribution in [-0.4, -0.2) is 14.0 Å². The predicted molar refractivity (Wildman–Crippen MR) is 58.2 cm³/mol. The van der Waals surface area contributed by atoms with Gasteiger partial charge in [-0.25, -0.2) is 13.6 Å². The van der Waals surface area contributed by atoms with Crippen LogP contribution in [0.4, 0.5) is 0 Å². The Morgan fingerprint density at radius 1 is 1.20 bits per heavy atom. The second-order valence-corrected chi connectivity index (χ2v) is 5.74. The molecule has 15 heavy (non-hydrogen) atoms. The van der Waals surface area contributed by atoms with Crippen LogP contribution in [0.15, 0.2) is 29.2 Å². The summed E-state index contributed by atoms with van der Waals surface area (Å²) in [7, 11) is -3.73. The van der Waals surface area contributed by atoms with Gasteiger partial charge in [-0.2, -0.15) is 0 Å². The minimum absolute atomic E-state index is 0.0138. The summed E-state index contributed by atoms with van der Waals surface area (Å²) in [5.41, 5.74) is -0.458. The highest BCUT2D eigenvalue weighted by Crippen LogP contribution is 2.25. The van der Waals surface area contributed by atoms with Crippen LogP contribution in [0, 0.1) is 0 Å². The third kappa shape index (κ3) is 3.53. The van der Waals surface area contributed by atoms with Gasteiger partial charge in [-0.1, -0.05) is 12.1 Å². The van der Waals surface area contributed by atoms with Crippen LogP contribution in [0.2, 0.25) is 0 Å². The molecule has 84 valence electrons. The van der Waals surface area contributed by atoms with Gasteiger partial charge in [-0.15, -0.1) is 0 Å². The average Bonchev–Trinajstić information content (AvgIpc) is 1.99. The van der Waals surface area contributed by atoms with E-state index in [1.807, 2.05) is 20.8 Å². The third-order valence-corrected chi connectivity index (χ3v) is 2.52. The van der Waals surface area contributed by atoms with E-state index in [1.54, 1.807) is 18.2 Å². The molecule has 0 aromatic heterocycles. The third-order valence-electron chi connectivity index (χ3n) is 1.57. The fourth-order valence-corrected chi connectivity index (χ4v) is 1.76. The predicted octanol–water partition coefficient (Wildman–Crippen LogP) is 1.51. The van der Waals surface area contributed by atoms with Gasteiger partial charge in [0.05, 0.1) is 0 Å². The number of sulfonamides is 1. The van der Waals surface area contributed by atoms with Gasteiger partial charge in [-0.3, -0.25) is 0 Å². The van der Waals surface area contributed by atoms with Crippen molar-refractivity contribution in [2.75, 3.05) is 0 Å². The zero-order valence-electron chi connectivity index (χ0n) is 9.02. The first-order valence-electron chi connectivity index (χ1n) is 4.51. The lowest BCUT2D eigenvalue weighted by Crippen LogP contribution is -2.25. The fraction of sp³-hybridized carbons (Fsp3) is 0.400. The molecule has 0 aliphatic carbocycles. The van der Waals surface area contributed by atoms with Crippen molar-refractivity contribution in [3.63, 3.8) is 0 Å². The molecular formula is C10H15NO3S. The van der Waals surface area contributed by atoms with Gasteiger partial charge in [-0.05, 0) is 32.9 Å². The van der Waals surface area contributed by atoms with E-state index < -0.39 is 15.6 Å². The zero-order chi connectivity index (χ0) is 11.7. The van der Waals surface area contributed by atoms with Crippen molar-refractivity contribution in [2.45, 2.75) is 31.3 Å². The highest BCUT2D eigenvalue weighted by Gasteiger charge is 2.19. The van der Waals surface area contributed by atoms with Gasteiger partial charge >= 0.3 is 0 Å². The molecule has 1 aromatic carbocycles. The summed E-state index contributed by atoms with van der Waals surface area (Å²) < 4.78 is 28.0. The maximum absolute atomic E-state index is 11.2. The number of para-hydroxylation sites is 1. The molecule has 4 nitrogen and oxygen atoms in total. The number of ether oxygens (including phenoxy) is 1. The lowest BCUT2D eigenvalue weighted by Gasteiger charge is -2.22. The van der Waals surface area contributed by atoms with Crippen molar-refractivity contribution in [2.24, 2.45) is 5.14 Å². The first-order chi connectivity index (χ1) is 6.70. The fourth-order valence-electron chi connectivity index (χ4n) is 1.10. The van der Waals surface area contributed by atoms with Crippen molar-refractivity contribution in [3.8, 4) is 5.75 Å². The molecule has 2 N–H and O–H groups in total. The van der Waals surface area contributed by atoms with Crippen LogP contribution >= 0.6 is 0 Å². The number of hydrogen-bond donors (Lipinski definition) is 1. The van der Waals surface area contributed by atoms with Gasteiger partial charge in [0.25, 0.3) is 0 Å². The topological polar surface area (TPSA) is 69.4 Å². The van der Waals surface area contributed by atoms with Crippen LogP contribution in [0.25, 0.3) is 0 Å². The molecule has 0 heterocycles. The number of primary sulfonamides is 1. The van der Waals surface area contributed by atoms with Gasteiger partial charge in [0, 0.05) is 0 Å². The van der Waals surface area contributed by atoms with Crippen LogP contribution in [0.3, 0.4) is 0 Å². The lowest BCUT2D eigenvalue weighted by atomic mass is 10.2. The SMILES string of the molecule is CC(C)(C)Oc1ccccc1S(N)(=O)=O. The second-order valence-electron chi connectivity index (χ2n) is 4.21. The normalized spacial score (nSPS) is 12.5. The Hall–Kier alpha value is -1.07. The Kier molecular flexibility index (Phi) is 3.06. The Morgan fingerprint density at radius 3 is 2.20 bits per heavy atom. The minimum atomic E-state index is -3.73. The van der Waals surface area contributed by atoms with Crippen molar-refractivity contribution in [1.29, 1.82) is 0 Å². The van der Waals surface area contributed by atoms with E-state index in [9.17, 15) is 8.42 Å². The van der Waals surface area contributed by atoms with Crippen molar-refractivity contribution in [1.82, 2.24) is 0 Å². The molecule has 0 fully saturated rings. The van der Waals surface area contributed by atoms with Gasteiger partial charge in [0.1, 0.15) is 16.2 Å². The molecule has 0 saturated heterocycles. The van der Waals surface area contributed by atoms with E-state index in [0.29, 0.717) is 0 Å². The summed E-state index contributed by atoms with van der Waals surface area (Å²) in [5.74, 6) is 0.285. The molecular weight excluding hydrogens is 214 g/mol. The van der Waals surface area contributed by atoms with Crippen molar-refractivity contribution in [3.05, 3.63) is 24.3 Å². The summed E-state index contributed by atoms with van der Waals surface area (Å²) in [6, 6.07) is 6.33. The highest BCUT2D eigenvalue weighted by molar-refractivity contribution is 7.89. The molecule has 0 bridgehead atoms. The second kappa shape index (κ2) is 3.83. The van der Waals surface area contributed by atoms with E-state index in [0.717, 1.165) is 0 Å². The van der Waals surface area contributed by atoms with E-state index in [-0.39, 0.29) is 10.6 Å². The lowest BCUT2D eigenvalue weighted by molar-refractivity contribution is 0.126. The summed E-state index contributed by atoms with van der Waals surface area (Å²) >= 11 is 0. The van der Waals surface area contributed by atoms with Crippen LogP contribution in [0.5, 0.6) is 5.75 Å². The molecule has 1 rings (SSSR count). The smallest absolute Gasteiger partial charge is 0.241 e. The van der Waals surface area contributed by atoms with Crippen LogP contribution < -0.4 is 9.88 Å². The van der Waals surface area contributed by atoms with Crippen LogP contribution in [0.1, 0.15) is 20.8 Å². The Morgan fingerprint density at radius 2 is 1.73 bits per heavy atom. The molecule has 0 unspecified atom stereocenters. The quantitative estimate of drug-likeness (QED) is 0.835. The Balaban J connectivity index is 3.20. The monoisotopic (exact) mass is 229 g/mol. The molecule has 0 radical (unpaired) electrons. The molecule has 0 atom stereocenters. The molecule has 0 saturated carbocycles. The van der Waals surface area contributed by atoms with E-state index in [1.165, 1.54) is 6.07 Å². The van der Waals surface area contributed by atoms with E-state index >= 15 is 0 Å². The molecule has 0 aliphatic rings. The molecule has 5 heteroatoms. The van der Waals surface area contributed by atoms with E-state index in [4.69, 9.17) is 9.88 Å². The highest BCUT2D eigenvalue weighted by atomic mass is 32.2. The Labute approximate surface area is 90.1 Å². The van der Waals surface area contributed by atoms with E-state index in [2.05, 4.69) is 0 Å². The minimum Gasteiger partial charge on any atom is -0.487 e. The number of rotatable bonds is 2. The molecule has 0 spiro atoms. The summed E-state index contributed by atoms with van der Waals surface area (Å²) in [6.45, 7) is 5.52. The van der Waals surface area contributed by atoms with Gasteiger partial charge in [0.2, 0.25) is 10.0 Å². The first-order valence-corrected chi connectivity index (χ1v) is 6.06. The maximum atomic E-state index is 11.2. The Bertz CT molecular complexity index is 446. The zero-order valence-corrected chi connectivity index (χ0v) is 9.84. The van der Waals surface area contributed by atoms with Crippen molar-refractivity contribution < 1.29 is 13.2 Å². The number of benzene rings is 1. The molecule has 0 aliphatic heterocycles. The van der Waals surface area contributed by atoms with Gasteiger partial charge in [0.15, 0.2) is 0 Å². The average molecular weight is 229 g/mol. The van der Waals surface area contributed by atoms with Gasteiger partial charge < -0.3 is 4.74 Å². The summed E-state index contributed by atoms with van der Waals surface area (Å²) in [6.07, 6.45) is 0. The molecule has 0 amide bonds. The summed E-state index contributed by atoms with van der Waals surface area (Å²) in [5, 5.41) is 5.07. The largest absolute Gasteiger partial charge is 0.487 e. The molecule has 1 aromatic rings. The standard InChI is InChI=1S/C10H15NO3S/c1-10(2,3)14-8-6-4-5-7-9(8)15(11,12)13/h4-7H,1-3H3,(H2,11,12,13). The van der Waals surface area contributed by atoms with Crippen molar-refractivity contribution >= 4 is 10.0 Å². The first kappa shape index (κ1) is 12.0. The number of hydrogen-bond acceptors (Lipinski definition) is 3. The summed E-state index contributed by atoms with van der Waals surface area (Å²) in [4.78, 5) is 0.0138. The van der Waals surface area contributed by atoms with Crippen LogP contribution in [-0.2, 0) is 10.0 Å². The number of nitrogens with two attached hydrogens (primary N) is 1. The maximum Gasteiger partial charge on any atom is 0.241 e.